The number of aromatic nitrogens is 1. The van der Waals surface area contributed by atoms with Gasteiger partial charge >= 0.3 is 0 Å². The van der Waals surface area contributed by atoms with E-state index < -0.39 is 0 Å². The van der Waals surface area contributed by atoms with Gasteiger partial charge in [-0.15, -0.1) is 0 Å². The van der Waals surface area contributed by atoms with Gasteiger partial charge in [0.25, 0.3) is 0 Å². The fourth-order valence-electron chi connectivity index (χ4n) is 4.41. The topological polar surface area (TPSA) is 37.0 Å². The van der Waals surface area contributed by atoms with Gasteiger partial charge in [0.15, 0.2) is 0 Å². The maximum Gasteiger partial charge on any atom is 0.126 e. The van der Waals surface area contributed by atoms with Crippen LogP contribution in [0.3, 0.4) is 0 Å². The highest BCUT2D eigenvalue weighted by atomic mass is 15.1. The second-order valence-electron chi connectivity index (χ2n) is 8.69. The van der Waals surface area contributed by atoms with Crippen LogP contribution in [-0.4, -0.2) is 4.98 Å². The van der Waals surface area contributed by atoms with Crippen molar-refractivity contribution in [3.8, 4) is 11.1 Å². The van der Waals surface area contributed by atoms with Crippen LogP contribution in [0.25, 0.3) is 11.1 Å². The Bertz CT molecular complexity index is 1330. The number of hydrogen-bond acceptors (Lipinski definition) is 3. The van der Waals surface area contributed by atoms with Gasteiger partial charge in [-0.2, -0.15) is 0 Å². The van der Waals surface area contributed by atoms with Crippen LogP contribution < -0.4 is 10.6 Å². The van der Waals surface area contributed by atoms with Crippen molar-refractivity contribution >= 4 is 11.5 Å². The van der Waals surface area contributed by atoms with Gasteiger partial charge in [-0.05, 0) is 41.8 Å². The molecule has 5 aromatic rings. The number of hydrogen-bond donors (Lipinski definition) is 2. The third-order valence-corrected chi connectivity index (χ3v) is 6.22. The lowest BCUT2D eigenvalue weighted by atomic mass is 9.92. The fourth-order valence-corrected chi connectivity index (χ4v) is 4.41. The summed E-state index contributed by atoms with van der Waals surface area (Å²) in [6.45, 7) is 2.12. The summed E-state index contributed by atoms with van der Waals surface area (Å²) in [5.74, 6) is 0.843. The van der Waals surface area contributed by atoms with Gasteiger partial charge in [-0.25, -0.2) is 4.98 Å². The first-order valence-electron chi connectivity index (χ1n) is 12.0. The van der Waals surface area contributed by atoms with Crippen LogP contribution in [0.2, 0.25) is 0 Å². The van der Waals surface area contributed by atoms with Crippen LogP contribution in [0.4, 0.5) is 11.5 Å². The molecule has 0 saturated heterocycles. The Morgan fingerprint density at radius 1 is 0.543 bits per heavy atom. The molecule has 0 radical (unpaired) electrons. The van der Waals surface area contributed by atoms with Gasteiger partial charge in [0.05, 0.1) is 12.1 Å². The molecule has 5 rings (SSSR count). The Morgan fingerprint density at radius 3 is 1.74 bits per heavy atom. The molecule has 3 heteroatoms. The van der Waals surface area contributed by atoms with E-state index in [2.05, 4.69) is 132 Å². The third kappa shape index (κ3) is 5.42. The zero-order valence-corrected chi connectivity index (χ0v) is 19.8. The second-order valence-corrected chi connectivity index (χ2v) is 8.69. The van der Waals surface area contributed by atoms with Crippen molar-refractivity contribution in [1.29, 1.82) is 0 Å². The molecule has 3 nitrogen and oxygen atoms in total. The fraction of sp³-hybridized carbons (Fsp3) is 0.0938. The average Bonchev–Trinajstić information content (AvgIpc) is 2.93. The molecule has 2 atom stereocenters. The van der Waals surface area contributed by atoms with E-state index in [1.165, 1.54) is 27.8 Å². The number of benzene rings is 4. The largest absolute Gasteiger partial charge is 0.375 e. The lowest BCUT2D eigenvalue weighted by Crippen LogP contribution is -2.26. The highest BCUT2D eigenvalue weighted by Crippen LogP contribution is 2.37. The second kappa shape index (κ2) is 10.7. The van der Waals surface area contributed by atoms with E-state index in [9.17, 15) is 0 Å². The molecule has 172 valence electrons. The molecule has 0 aliphatic heterocycles. The summed E-state index contributed by atoms with van der Waals surface area (Å²) >= 11 is 0. The van der Waals surface area contributed by atoms with E-state index in [1.54, 1.807) is 0 Å². The smallest absolute Gasteiger partial charge is 0.126 e. The Kier molecular flexibility index (Phi) is 6.86. The number of nitrogens with zero attached hydrogens (tertiary/aromatic N) is 1. The first kappa shape index (κ1) is 22.4. The summed E-state index contributed by atoms with van der Waals surface area (Å²) in [6, 6.07) is 44.3. The first-order valence-corrected chi connectivity index (χ1v) is 12.0. The Balaban J connectivity index is 1.59. The zero-order valence-electron chi connectivity index (χ0n) is 19.8. The Morgan fingerprint density at radius 2 is 1.11 bits per heavy atom. The van der Waals surface area contributed by atoms with Gasteiger partial charge in [0, 0.05) is 17.4 Å². The summed E-state index contributed by atoms with van der Waals surface area (Å²) in [7, 11) is 0. The van der Waals surface area contributed by atoms with Crippen LogP contribution in [-0.2, 0) is 0 Å². The summed E-state index contributed by atoms with van der Waals surface area (Å²) in [6.07, 6.45) is 1.82. The monoisotopic (exact) mass is 455 g/mol. The van der Waals surface area contributed by atoms with E-state index in [1.807, 2.05) is 24.4 Å². The number of pyridine rings is 1. The number of nitrogens with one attached hydrogen (secondary N) is 2. The summed E-state index contributed by atoms with van der Waals surface area (Å²) in [5, 5.41) is 7.61. The Hall–Kier alpha value is -4.37. The molecule has 0 saturated carbocycles. The molecule has 1 aromatic heterocycles. The molecule has 1 heterocycles. The quantitative estimate of drug-likeness (QED) is 0.248. The standard InChI is InChI=1S/C32H29N3/c1-24-19-21-25(22-20-24)28-16-8-9-17-29(28)34-31(26-12-4-2-5-13-26)32(27-14-6-3-7-15-27)35-30-18-10-11-23-33-30/h2-23,31-32,34H,1H3,(H,33,35)/t31-,32-/m0/s1. The average molecular weight is 456 g/mol. The van der Waals surface area contributed by atoms with Crippen LogP contribution >= 0.6 is 0 Å². The van der Waals surface area contributed by atoms with Crippen molar-refractivity contribution in [2.45, 2.75) is 19.0 Å². The number of anilines is 2. The van der Waals surface area contributed by atoms with Gasteiger partial charge in [0.1, 0.15) is 5.82 Å². The molecule has 4 aromatic carbocycles. The van der Waals surface area contributed by atoms with Gasteiger partial charge in [-0.3, -0.25) is 0 Å². The van der Waals surface area contributed by atoms with Gasteiger partial charge in [0.2, 0.25) is 0 Å². The summed E-state index contributed by atoms with van der Waals surface area (Å²) in [5.41, 5.74) is 7.10. The number of rotatable bonds is 8. The van der Waals surface area contributed by atoms with Gasteiger partial charge < -0.3 is 10.6 Å². The van der Waals surface area contributed by atoms with Crippen LogP contribution in [0.1, 0.15) is 28.8 Å². The molecule has 35 heavy (non-hydrogen) atoms. The van der Waals surface area contributed by atoms with Gasteiger partial charge in [-0.1, -0.05) is 115 Å². The molecule has 0 aliphatic rings. The van der Waals surface area contributed by atoms with Crippen molar-refractivity contribution < 1.29 is 0 Å². The van der Waals surface area contributed by atoms with Crippen molar-refractivity contribution in [2.24, 2.45) is 0 Å². The highest BCUT2D eigenvalue weighted by Gasteiger charge is 2.26. The maximum atomic E-state index is 4.56. The van der Waals surface area contributed by atoms with E-state index in [0.717, 1.165) is 11.5 Å². The summed E-state index contributed by atoms with van der Waals surface area (Å²) < 4.78 is 0. The Labute approximate surface area is 207 Å². The molecule has 2 N–H and O–H groups in total. The number of para-hydroxylation sites is 1. The van der Waals surface area contributed by atoms with Crippen molar-refractivity contribution in [2.75, 3.05) is 10.6 Å². The molecule has 0 spiro atoms. The lowest BCUT2D eigenvalue weighted by Gasteiger charge is -2.32. The molecular weight excluding hydrogens is 426 g/mol. The molecular formula is C32H29N3. The highest BCUT2D eigenvalue weighted by molar-refractivity contribution is 5.78. The SMILES string of the molecule is Cc1ccc(-c2ccccc2N[C@@H](c2ccccc2)[C@@H](Nc2ccccn2)c2ccccc2)cc1. The minimum Gasteiger partial charge on any atom is -0.375 e. The minimum atomic E-state index is -0.0560. The molecule has 0 amide bonds. The normalized spacial score (nSPS) is 12.5. The summed E-state index contributed by atoms with van der Waals surface area (Å²) in [4.78, 5) is 4.56. The predicted octanol–water partition coefficient (Wildman–Crippen LogP) is 8.06. The van der Waals surface area contributed by atoms with Crippen LogP contribution in [0.5, 0.6) is 0 Å². The van der Waals surface area contributed by atoms with E-state index >= 15 is 0 Å². The molecule has 0 aliphatic carbocycles. The molecule has 0 bridgehead atoms. The van der Waals surface area contributed by atoms with Crippen molar-refractivity contribution in [1.82, 2.24) is 4.98 Å². The zero-order chi connectivity index (χ0) is 23.9. The first-order chi connectivity index (χ1) is 17.3. The predicted molar refractivity (Wildman–Crippen MR) is 146 cm³/mol. The molecule has 0 unspecified atom stereocenters. The van der Waals surface area contributed by atoms with Crippen LogP contribution in [0.15, 0.2) is 134 Å². The lowest BCUT2D eigenvalue weighted by molar-refractivity contribution is 0.647. The van der Waals surface area contributed by atoms with Crippen molar-refractivity contribution in [3.05, 3.63) is 150 Å². The maximum absolute atomic E-state index is 4.56. The molecule has 0 fully saturated rings. The minimum absolute atomic E-state index is 0.0489. The number of aryl methyl sites for hydroxylation is 1. The van der Waals surface area contributed by atoms with Crippen molar-refractivity contribution in [3.63, 3.8) is 0 Å². The van der Waals surface area contributed by atoms with Crippen LogP contribution in [0, 0.1) is 6.92 Å². The van der Waals surface area contributed by atoms with E-state index in [-0.39, 0.29) is 12.1 Å². The van der Waals surface area contributed by atoms with E-state index in [4.69, 9.17) is 0 Å². The van der Waals surface area contributed by atoms with E-state index in [0.29, 0.717) is 0 Å². The third-order valence-electron chi connectivity index (χ3n) is 6.22.